The van der Waals surface area contributed by atoms with Gasteiger partial charge in [-0.25, -0.2) is 0 Å². The fourth-order valence-electron chi connectivity index (χ4n) is 1.56. The van der Waals surface area contributed by atoms with E-state index in [1.54, 1.807) is 13.8 Å². The van der Waals surface area contributed by atoms with Crippen LogP contribution in [0, 0.1) is 5.41 Å². The number of aliphatic hydroxyl groups excluding tert-OH is 1. The first-order valence-electron chi connectivity index (χ1n) is 5.38. The van der Waals surface area contributed by atoms with Gasteiger partial charge in [0.25, 0.3) is 0 Å². The zero-order chi connectivity index (χ0) is 10.6. The average molecular weight is 200 g/mol. The smallest absolute Gasteiger partial charge is 0.314 e. The van der Waals surface area contributed by atoms with Gasteiger partial charge in [0.15, 0.2) is 0 Å². The summed E-state index contributed by atoms with van der Waals surface area (Å²) in [4.78, 5) is 11.6. The Morgan fingerprint density at radius 3 is 2.43 bits per heavy atom. The maximum atomic E-state index is 11.6. The molecule has 0 heterocycles. The minimum atomic E-state index is -0.753. The Balaban J connectivity index is 2.39. The van der Waals surface area contributed by atoms with Gasteiger partial charge in [0, 0.05) is 0 Å². The molecule has 1 aliphatic carbocycles. The van der Waals surface area contributed by atoms with E-state index >= 15 is 0 Å². The molecule has 1 N–H and O–H groups in total. The van der Waals surface area contributed by atoms with Crippen LogP contribution in [0.25, 0.3) is 0 Å². The molecule has 1 aliphatic rings. The van der Waals surface area contributed by atoms with E-state index in [1.807, 2.05) is 0 Å². The number of carbonyl (C=O) groups is 1. The fraction of sp³-hybridized carbons (Fsp3) is 0.909. The second-order valence-corrected chi connectivity index (χ2v) is 4.71. The number of aliphatic hydroxyl groups is 1. The van der Waals surface area contributed by atoms with Crippen molar-refractivity contribution < 1.29 is 14.6 Å². The minimum absolute atomic E-state index is 0.0853. The number of esters is 1. The summed E-state index contributed by atoms with van der Waals surface area (Å²) in [5, 5.41) is 8.99. The molecule has 1 fully saturated rings. The highest BCUT2D eigenvalue weighted by molar-refractivity contribution is 5.76. The van der Waals surface area contributed by atoms with Crippen molar-refractivity contribution in [1.29, 1.82) is 0 Å². The lowest BCUT2D eigenvalue weighted by Gasteiger charge is -2.26. The predicted octanol–water partition coefficient (Wildman–Crippen LogP) is 1.88. The van der Waals surface area contributed by atoms with Crippen LogP contribution in [0.1, 0.15) is 46.0 Å². The summed E-state index contributed by atoms with van der Waals surface area (Å²) in [7, 11) is 0. The summed E-state index contributed by atoms with van der Waals surface area (Å²) in [6, 6.07) is 0. The quantitative estimate of drug-likeness (QED) is 0.707. The lowest BCUT2D eigenvalue weighted by atomic mass is 9.94. The van der Waals surface area contributed by atoms with E-state index in [9.17, 15) is 4.79 Å². The molecule has 0 aromatic carbocycles. The molecule has 0 aromatic heterocycles. The number of ether oxygens (including phenoxy) is 1. The van der Waals surface area contributed by atoms with E-state index in [-0.39, 0.29) is 18.7 Å². The fourth-order valence-corrected chi connectivity index (χ4v) is 1.56. The molecule has 0 unspecified atom stereocenters. The van der Waals surface area contributed by atoms with Crippen LogP contribution >= 0.6 is 0 Å². The minimum Gasteiger partial charge on any atom is -0.462 e. The Hall–Kier alpha value is -0.570. The standard InChI is InChI=1S/C11H20O3/c1-11(2,8-12)10(13)14-9-6-4-3-5-7-9/h9,12H,3-8H2,1-2H3. The van der Waals surface area contributed by atoms with Crippen LogP contribution in [0.5, 0.6) is 0 Å². The normalized spacial score (nSPS) is 19.4. The highest BCUT2D eigenvalue weighted by atomic mass is 16.5. The molecule has 0 aromatic rings. The van der Waals surface area contributed by atoms with Crippen molar-refractivity contribution >= 4 is 5.97 Å². The van der Waals surface area contributed by atoms with Gasteiger partial charge in [0.2, 0.25) is 0 Å². The second-order valence-electron chi connectivity index (χ2n) is 4.71. The van der Waals surface area contributed by atoms with Gasteiger partial charge in [-0.1, -0.05) is 6.42 Å². The summed E-state index contributed by atoms with van der Waals surface area (Å²) < 4.78 is 5.35. The van der Waals surface area contributed by atoms with E-state index in [4.69, 9.17) is 9.84 Å². The van der Waals surface area contributed by atoms with Crippen LogP contribution in [0.15, 0.2) is 0 Å². The zero-order valence-electron chi connectivity index (χ0n) is 9.08. The molecular formula is C11H20O3. The molecule has 82 valence electrons. The molecular weight excluding hydrogens is 180 g/mol. The molecule has 0 amide bonds. The Bertz CT molecular complexity index is 193. The van der Waals surface area contributed by atoms with E-state index in [0.717, 1.165) is 25.7 Å². The molecule has 1 saturated carbocycles. The third-order valence-corrected chi connectivity index (χ3v) is 2.77. The second kappa shape index (κ2) is 4.78. The summed E-state index contributed by atoms with van der Waals surface area (Å²) >= 11 is 0. The molecule has 0 saturated heterocycles. The van der Waals surface area contributed by atoms with Gasteiger partial charge in [-0.15, -0.1) is 0 Å². The predicted molar refractivity (Wildman–Crippen MR) is 53.8 cm³/mol. The Morgan fingerprint density at radius 1 is 1.36 bits per heavy atom. The monoisotopic (exact) mass is 200 g/mol. The van der Waals surface area contributed by atoms with Gasteiger partial charge >= 0.3 is 5.97 Å². The Labute approximate surface area is 85.5 Å². The third-order valence-electron chi connectivity index (χ3n) is 2.77. The third kappa shape index (κ3) is 2.98. The van der Waals surface area contributed by atoms with E-state index in [0.29, 0.717) is 0 Å². The van der Waals surface area contributed by atoms with Crippen molar-refractivity contribution in [3.05, 3.63) is 0 Å². The van der Waals surface area contributed by atoms with Gasteiger partial charge in [0.05, 0.1) is 12.0 Å². The summed E-state index contributed by atoms with van der Waals surface area (Å²) in [6.07, 6.45) is 5.59. The summed E-state index contributed by atoms with van der Waals surface area (Å²) in [5.74, 6) is -0.271. The number of hydrogen-bond donors (Lipinski definition) is 1. The molecule has 14 heavy (non-hydrogen) atoms. The number of carbonyl (C=O) groups excluding carboxylic acids is 1. The first kappa shape index (κ1) is 11.5. The maximum absolute atomic E-state index is 11.6. The first-order valence-corrected chi connectivity index (χ1v) is 5.38. The number of rotatable bonds is 3. The molecule has 1 rings (SSSR count). The topological polar surface area (TPSA) is 46.5 Å². The molecule has 0 radical (unpaired) electrons. The van der Waals surface area contributed by atoms with E-state index in [2.05, 4.69) is 0 Å². The van der Waals surface area contributed by atoms with Gasteiger partial charge in [-0.2, -0.15) is 0 Å². The Kier molecular flexibility index (Phi) is 3.93. The first-order chi connectivity index (χ1) is 6.56. The van der Waals surface area contributed by atoms with Gasteiger partial charge < -0.3 is 9.84 Å². The highest BCUT2D eigenvalue weighted by Gasteiger charge is 2.31. The molecule has 0 bridgehead atoms. The van der Waals surface area contributed by atoms with Crippen LogP contribution in [-0.2, 0) is 9.53 Å². The molecule has 3 heteroatoms. The molecule has 0 spiro atoms. The van der Waals surface area contributed by atoms with Crippen molar-refractivity contribution in [2.24, 2.45) is 5.41 Å². The molecule has 0 atom stereocenters. The van der Waals surface area contributed by atoms with Crippen LogP contribution in [0.4, 0.5) is 0 Å². The van der Waals surface area contributed by atoms with Crippen LogP contribution in [-0.4, -0.2) is 23.8 Å². The van der Waals surface area contributed by atoms with E-state index < -0.39 is 5.41 Å². The average Bonchev–Trinajstić information content (AvgIpc) is 2.19. The highest BCUT2D eigenvalue weighted by Crippen LogP contribution is 2.24. The molecule has 0 aliphatic heterocycles. The van der Waals surface area contributed by atoms with Crippen LogP contribution in [0.3, 0.4) is 0 Å². The van der Waals surface area contributed by atoms with Crippen molar-refractivity contribution in [3.8, 4) is 0 Å². The summed E-state index contributed by atoms with van der Waals surface area (Å²) in [5.41, 5.74) is -0.753. The van der Waals surface area contributed by atoms with Crippen molar-refractivity contribution in [2.45, 2.75) is 52.1 Å². The molecule has 3 nitrogen and oxygen atoms in total. The lowest BCUT2D eigenvalue weighted by Crippen LogP contribution is -2.34. The van der Waals surface area contributed by atoms with Gasteiger partial charge in [0.1, 0.15) is 6.10 Å². The SMILES string of the molecule is CC(C)(CO)C(=O)OC1CCCCC1. The van der Waals surface area contributed by atoms with Crippen molar-refractivity contribution in [1.82, 2.24) is 0 Å². The Morgan fingerprint density at radius 2 is 1.93 bits per heavy atom. The van der Waals surface area contributed by atoms with Crippen LogP contribution < -0.4 is 0 Å². The summed E-state index contributed by atoms with van der Waals surface area (Å²) in [6.45, 7) is 3.26. The van der Waals surface area contributed by atoms with E-state index in [1.165, 1.54) is 6.42 Å². The van der Waals surface area contributed by atoms with Crippen molar-refractivity contribution in [3.63, 3.8) is 0 Å². The largest absolute Gasteiger partial charge is 0.462 e. The van der Waals surface area contributed by atoms with Crippen LogP contribution in [0.2, 0.25) is 0 Å². The van der Waals surface area contributed by atoms with Crippen molar-refractivity contribution in [2.75, 3.05) is 6.61 Å². The maximum Gasteiger partial charge on any atom is 0.314 e. The lowest BCUT2D eigenvalue weighted by molar-refractivity contribution is -0.163. The van der Waals surface area contributed by atoms with Gasteiger partial charge in [-0.3, -0.25) is 4.79 Å². The number of hydrogen-bond acceptors (Lipinski definition) is 3. The van der Waals surface area contributed by atoms with Gasteiger partial charge in [-0.05, 0) is 39.5 Å². The zero-order valence-corrected chi connectivity index (χ0v) is 9.08.